The highest BCUT2D eigenvalue weighted by Crippen LogP contribution is 2.40. The minimum absolute atomic E-state index is 0.102. The molecule has 0 aliphatic heterocycles. The van der Waals surface area contributed by atoms with Crippen molar-refractivity contribution in [3.8, 4) is 5.75 Å². The lowest BCUT2D eigenvalue weighted by Gasteiger charge is -2.37. The maximum absolute atomic E-state index is 11.5. The molecule has 1 aromatic carbocycles. The van der Waals surface area contributed by atoms with Crippen molar-refractivity contribution in [2.24, 2.45) is 0 Å². The Hall–Kier alpha value is -0.813. The van der Waals surface area contributed by atoms with Crippen molar-refractivity contribution in [2.45, 2.75) is 45.3 Å². The number of hydrogen-bond donors (Lipinski definition) is 0. The summed E-state index contributed by atoms with van der Waals surface area (Å²) >= 11 is 3.52. The molecule has 1 rings (SSSR count). The van der Waals surface area contributed by atoms with Gasteiger partial charge in [-0.15, -0.1) is 0 Å². The van der Waals surface area contributed by atoms with Gasteiger partial charge in [0, 0.05) is 5.56 Å². The molecule has 1 aromatic rings. The van der Waals surface area contributed by atoms with E-state index in [-0.39, 0.29) is 17.4 Å². The standard InChI is InChI=1S/C15H23BrO3Si/c1-15(2,3)20(5,6)19-14-11(10-13(17)18-4)8-7-9-12(14)16/h7-9H,10H2,1-6H3. The van der Waals surface area contributed by atoms with Crippen LogP contribution in [0.2, 0.25) is 18.1 Å². The SMILES string of the molecule is COC(=O)Cc1cccc(Br)c1O[Si](C)(C)C(C)(C)C. The molecule has 0 aromatic heterocycles. The van der Waals surface area contributed by atoms with E-state index < -0.39 is 8.32 Å². The Morgan fingerprint density at radius 2 is 1.90 bits per heavy atom. The molecule has 0 radical (unpaired) electrons. The fourth-order valence-electron chi connectivity index (χ4n) is 1.44. The van der Waals surface area contributed by atoms with Crippen LogP contribution < -0.4 is 4.43 Å². The van der Waals surface area contributed by atoms with Gasteiger partial charge in [-0.2, -0.15) is 0 Å². The van der Waals surface area contributed by atoms with E-state index in [4.69, 9.17) is 9.16 Å². The average molecular weight is 359 g/mol. The second kappa shape index (κ2) is 6.31. The van der Waals surface area contributed by atoms with E-state index in [2.05, 4.69) is 49.8 Å². The summed E-state index contributed by atoms with van der Waals surface area (Å²) in [6.45, 7) is 10.9. The minimum Gasteiger partial charge on any atom is -0.543 e. The van der Waals surface area contributed by atoms with E-state index >= 15 is 0 Å². The molecule has 112 valence electrons. The zero-order valence-corrected chi connectivity index (χ0v) is 15.6. The van der Waals surface area contributed by atoms with Crippen molar-refractivity contribution in [2.75, 3.05) is 7.11 Å². The molecule has 0 saturated carbocycles. The molecule has 0 spiro atoms. The third-order valence-electron chi connectivity index (χ3n) is 3.77. The summed E-state index contributed by atoms with van der Waals surface area (Å²) in [5, 5.41) is 0.102. The Bertz CT molecular complexity index is 492. The number of methoxy groups -OCH3 is 1. The van der Waals surface area contributed by atoms with Gasteiger partial charge in [0.2, 0.25) is 0 Å². The lowest BCUT2D eigenvalue weighted by Crippen LogP contribution is -2.44. The van der Waals surface area contributed by atoms with Crippen LogP contribution in [0.3, 0.4) is 0 Å². The smallest absolute Gasteiger partial charge is 0.310 e. The zero-order chi connectivity index (χ0) is 15.6. The maximum Gasteiger partial charge on any atom is 0.310 e. The molecule has 0 aliphatic carbocycles. The molecule has 0 amide bonds. The number of carbonyl (C=O) groups is 1. The van der Waals surface area contributed by atoms with Crippen LogP contribution in [-0.2, 0) is 16.0 Å². The van der Waals surface area contributed by atoms with Gasteiger partial charge in [0.15, 0.2) is 0 Å². The number of para-hydroxylation sites is 1. The van der Waals surface area contributed by atoms with Crippen LogP contribution in [0.25, 0.3) is 0 Å². The molecular formula is C15H23BrO3Si. The maximum atomic E-state index is 11.5. The minimum atomic E-state index is -1.95. The number of esters is 1. The van der Waals surface area contributed by atoms with E-state index in [1.807, 2.05) is 18.2 Å². The van der Waals surface area contributed by atoms with Gasteiger partial charge in [-0.1, -0.05) is 32.9 Å². The Balaban J connectivity index is 3.14. The first-order chi connectivity index (χ1) is 9.08. The third-order valence-corrected chi connectivity index (χ3v) is 8.73. The van der Waals surface area contributed by atoms with E-state index in [0.717, 1.165) is 15.8 Å². The van der Waals surface area contributed by atoms with Gasteiger partial charge in [-0.3, -0.25) is 4.79 Å². The van der Waals surface area contributed by atoms with Gasteiger partial charge in [-0.25, -0.2) is 0 Å². The fourth-order valence-corrected chi connectivity index (χ4v) is 3.14. The first-order valence-corrected chi connectivity index (χ1v) is 10.3. The van der Waals surface area contributed by atoms with Crippen LogP contribution in [0.4, 0.5) is 0 Å². The van der Waals surface area contributed by atoms with E-state index in [1.165, 1.54) is 7.11 Å². The molecule has 0 saturated heterocycles. The quantitative estimate of drug-likeness (QED) is 0.584. The van der Waals surface area contributed by atoms with Gasteiger partial charge in [0.1, 0.15) is 5.75 Å². The van der Waals surface area contributed by atoms with Crippen LogP contribution in [0, 0.1) is 0 Å². The summed E-state index contributed by atoms with van der Waals surface area (Å²) < 4.78 is 12.0. The van der Waals surface area contributed by atoms with Gasteiger partial charge < -0.3 is 9.16 Å². The van der Waals surface area contributed by atoms with Crippen LogP contribution in [0.1, 0.15) is 26.3 Å². The Kier molecular flexibility index (Phi) is 5.44. The predicted molar refractivity (Wildman–Crippen MR) is 87.7 cm³/mol. The Morgan fingerprint density at radius 3 is 2.40 bits per heavy atom. The second-order valence-electron chi connectivity index (χ2n) is 6.34. The van der Waals surface area contributed by atoms with Crippen LogP contribution in [0.15, 0.2) is 22.7 Å². The summed E-state index contributed by atoms with van der Waals surface area (Å²) in [6, 6.07) is 5.74. The van der Waals surface area contributed by atoms with E-state index in [1.54, 1.807) is 0 Å². The normalized spacial score (nSPS) is 12.2. The fraction of sp³-hybridized carbons (Fsp3) is 0.533. The second-order valence-corrected chi connectivity index (χ2v) is 11.9. The average Bonchev–Trinajstić information content (AvgIpc) is 2.32. The Morgan fingerprint density at radius 1 is 1.30 bits per heavy atom. The van der Waals surface area contributed by atoms with Crippen molar-refractivity contribution in [3.63, 3.8) is 0 Å². The van der Waals surface area contributed by atoms with Crippen LogP contribution in [-0.4, -0.2) is 21.4 Å². The number of halogens is 1. The molecule has 0 heterocycles. The molecule has 3 nitrogen and oxygen atoms in total. The monoisotopic (exact) mass is 358 g/mol. The number of carbonyl (C=O) groups excluding carboxylic acids is 1. The molecule has 0 atom stereocenters. The van der Waals surface area contributed by atoms with E-state index in [0.29, 0.717) is 0 Å². The largest absolute Gasteiger partial charge is 0.543 e. The number of rotatable bonds is 4. The van der Waals surface area contributed by atoms with Crippen molar-refractivity contribution in [3.05, 3.63) is 28.2 Å². The summed E-state index contributed by atoms with van der Waals surface area (Å²) in [4.78, 5) is 11.5. The van der Waals surface area contributed by atoms with Crippen molar-refractivity contribution in [1.82, 2.24) is 0 Å². The third kappa shape index (κ3) is 4.09. The molecule has 5 heteroatoms. The first-order valence-electron chi connectivity index (χ1n) is 6.61. The number of ether oxygens (including phenoxy) is 1. The topological polar surface area (TPSA) is 35.5 Å². The first kappa shape index (κ1) is 17.2. The molecular weight excluding hydrogens is 336 g/mol. The number of hydrogen-bond acceptors (Lipinski definition) is 3. The number of benzene rings is 1. The summed E-state index contributed by atoms with van der Waals surface area (Å²) in [6.07, 6.45) is 0.222. The highest BCUT2D eigenvalue weighted by atomic mass is 79.9. The highest BCUT2D eigenvalue weighted by molar-refractivity contribution is 9.10. The summed E-state index contributed by atoms with van der Waals surface area (Å²) in [7, 11) is -0.554. The predicted octanol–water partition coefficient (Wildman–Crippen LogP) is 4.55. The van der Waals surface area contributed by atoms with Gasteiger partial charge in [0.05, 0.1) is 18.0 Å². The summed E-state index contributed by atoms with van der Waals surface area (Å²) in [5.74, 6) is 0.507. The van der Waals surface area contributed by atoms with Crippen molar-refractivity contribution < 1.29 is 14.0 Å². The van der Waals surface area contributed by atoms with Crippen molar-refractivity contribution >= 4 is 30.2 Å². The van der Waals surface area contributed by atoms with Gasteiger partial charge >= 0.3 is 5.97 Å². The van der Waals surface area contributed by atoms with Gasteiger partial charge in [0.25, 0.3) is 8.32 Å². The lowest BCUT2D eigenvalue weighted by molar-refractivity contribution is -0.139. The van der Waals surface area contributed by atoms with Gasteiger partial charge in [-0.05, 0) is 40.1 Å². The zero-order valence-electron chi connectivity index (χ0n) is 13.0. The molecule has 0 bridgehead atoms. The molecule has 20 heavy (non-hydrogen) atoms. The molecule has 0 N–H and O–H groups in total. The van der Waals surface area contributed by atoms with E-state index in [9.17, 15) is 4.79 Å². The molecule has 0 unspecified atom stereocenters. The van der Waals surface area contributed by atoms with Crippen LogP contribution >= 0.6 is 15.9 Å². The van der Waals surface area contributed by atoms with Crippen LogP contribution in [0.5, 0.6) is 5.75 Å². The molecule has 0 aliphatic rings. The summed E-state index contributed by atoms with van der Waals surface area (Å²) in [5.41, 5.74) is 0.857. The molecule has 0 fully saturated rings. The highest BCUT2D eigenvalue weighted by Gasteiger charge is 2.39. The van der Waals surface area contributed by atoms with Crippen molar-refractivity contribution in [1.29, 1.82) is 0 Å². The lowest BCUT2D eigenvalue weighted by atomic mass is 10.1. The Labute approximate surface area is 130 Å².